The third-order valence-corrected chi connectivity index (χ3v) is 4.76. The van der Waals surface area contributed by atoms with E-state index in [0.29, 0.717) is 25.9 Å². The number of anilines is 2. The second kappa shape index (κ2) is 9.91. The molecule has 29 heavy (non-hydrogen) atoms. The van der Waals surface area contributed by atoms with Crippen molar-refractivity contribution >= 4 is 23.5 Å². The second-order valence-corrected chi connectivity index (χ2v) is 7.18. The normalized spacial score (nSPS) is 11.2. The molecule has 2 rings (SSSR count). The molecule has 0 aliphatic carbocycles. The molecule has 1 amide bonds. The number of aromatic amines is 1. The van der Waals surface area contributed by atoms with Crippen LogP contribution in [0.3, 0.4) is 0 Å². The highest BCUT2D eigenvalue weighted by Crippen LogP contribution is 2.19. The van der Waals surface area contributed by atoms with Gasteiger partial charge in [0, 0.05) is 19.2 Å². The van der Waals surface area contributed by atoms with Crippen LogP contribution in [-0.2, 0) is 11.3 Å². The largest absolute Gasteiger partial charge is 0.383 e. The van der Waals surface area contributed by atoms with Crippen LogP contribution in [-0.4, -0.2) is 22.0 Å². The van der Waals surface area contributed by atoms with Crippen molar-refractivity contribution in [1.29, 1.82) is 0 Å². The van der Waals surface area contributed by atoms with Gasteiger partial charge in [0.25, 0.3) is 11.5 Å². The Morgan fingerprint density at radius 3 is 2.55 bits per heavy atom. The molecular weight excluding hydrogens is 368 g/mol. The minimum Gasteiger partial charge on any atom is -0.383 e. The monoisotopic (exact) mass is 398 g/mol. The maximum Gasteiger partial charge on any atom is 0.330 e. The molecule has 0 spiro atoms. The van der Waals surface area contributed by atoms with Gasteiger partial charge in [-0.05, 0) is 43.9 Å². The molecule has 0 radical (unpaired) electrons. The summed E-state index contributed by atoms with van der Waals surface area (Å²) in [7, 11) is 0. The number of aromatic nitrogens is 2. The van der Waals surface area contributed by atoms with Gasteiger partial charge in [-0.1, -0.05) is 44.0 Å². The molecule has 0 saturated carbocycles. The predicted molar refractivity (Wildman–Crippen MR) is 118 cm³/mol. The van der Waals surface area contributed by atoms with Crippen molar-refractivity contribution in [3.63, 3.8) is 0 Å². The summed E-state index contributed by atoms with van der Waals surface area (Å²) in [6.07, 6.45) is 5.40. The zero-order valence-electron chi connectivity index (χ0n) is 17.6. The van der Waals surface area contributed by atoms with E-state index < -0.39 is 11.2 Å². The molecule has 0 fully saturated rings. The first kappa shape index (κ1) is 22.2. The molecule has 0 aliphatic heterocycles. The van der Waals surface area contributed by atoms with E-state index in [1.807, 2.05) is 45.9 Å². The molecule has 0 saturated heterocycles. The Hall–Kier alpha value is -3.09. The molecular formula is C22H30N4O3. The van der Waals surface area contributed by atoms with Crippen molar-refractivity contribution in [2.45, 2.75) is 53.5 Å². The maximum atomic E-state index is 13.0. The van der Waals surface area contributed by atoms with Gasteiger partial charge in [0.05, 0.1) is 0 Å². The molecule has 7 heteroatoms. The fourth-order valence-electron chi connectivity index (χ4n) is 3.20. The summed E-state index contributed by atoms with van der Waals surface area (Å²) in [5, 5.41) is 0. The zero-order chi connectivity index (χ0) is 21.6. The van der Waals surface area contributed by atoms with Gasteiger partial charge >= 0.3 is 5.69 Å². The van der Waals surface area contributed by atoms with Crippen LogP contribution in [0.5, 0.6) is 0 Å². The van der Waals surface area contributed by atoms with Crippen molar-refractivity contribution in [2.75, 3.05) is 17.2 Å². The Kier molecular flexibility index (Phi) is 7.59. The van der Waals surface area contributed by atoms with Gasteiger partial charge in [-0.15, -0.1) is 0 Å². The lowest BCUT2D eigenvalue weighted by atomic mass is 10.1. The van der Waals surface area contributed by atoms with Crippen molar-refractivity contribution in [1.82, 2.24) is 9.55 Å². The van der Waals surface area contributed by atoms with Crippen molar-refractivity contribution in [2.24, 2.45) is 0 Å². The number of rotatable bonds is 8. The average Bonchev–Trinajstić information content (AvgIpc) is 2.66. The Morgan fingerprint density at radius 1 is 1.21 bits per heavy atom. The van der Waals surface area contributed by atoms with E-state index >= 15 is 0 Å². The van der Waals surface area contributed by atoms with Crippen LogP contribution in [0.25, 0.3) is 6.08 Å². The molecule has 0 atom stereocenters. The second-order valence-electron chi connectivity index (χ2n) is 7.18. The maximum absolute atomic E-state index is 13.0. The third kappa shape index (κ3) is 5.25. The van der Waals surface area contributed by atoms with Gasteiger partial charge < -0.3 is 10.6 Å². The summed E-state index contributed by atoms with van der Waals surface area (Å²) in [6, 6.07) is 5.98. The number of hydrogen-bond donors (Lipinski definition) is 2. The lowest BCUT2D eigenvalue weighted by Crippen LogP contribution is -2.41. The number of carbonyl (C=O) groups is 1. The van der Waals surface area contributed by atoms with Gasteiger partial charge in [0.2, 0.25) is 0 Å². The topological polar surface area (TPSA) is 101 Å². The molecule has 156 valence electrons. The van der Waals surface area contributed by atoms with E-state index in [1.54, 1.807) is 6.08 Å². The fourth-order valence-corrected chi connectivity index (χ4v) is 3.20. The summed E-state index contributed by atoms with van der Waals surface area (Å²) in [6.45, 7) is 8.60. The van der Waals surface area contributed by atoms with Crippen molar-refractivity contribution in [3.05, 3.63) is 61.8 Å². The van der Waals surface area contributed by atoms with Gasteiger partial charge in [-0.3, -0.25) is 19.1 Å². The standard InChI is InChI=1S/C22H30N4O3/c1-5-7-13-25(18(27)11-10-17-9-8-15(3)14-16(17)4)19-20(23)26(12-6-2)22(29)24-21(19)28/h8-11,14H,5-7,12-13,23H2,1-4H3,(H,24,28,29)/b11-10+. The van der Waals surface area contributed by atoms with Gasteiger partial charge in [-0.25, -0.2) is 4.79 Å². The number of benzene rings is 1. The highest BCUT2D eigenvalue weighted by Gasteiger charge is 2.22. The van der Waals surface area contributed by atoms with E-state index in [0.717, 1.165) is 23.1 Å². The minimum atomic E-state index is -0.649. The first-order valence-corrected chi connectivity index (χ1v) is 9.99. The smallest absolute Gasteiger partial charge is 0.330 e. The highest BCUT2D eigenvalue weighted by molar-refractivity contribution is 6.05. The lowest BCUT2D eigenvalue weighted by molar-refractivity contribution is -0.114. The average molecular weight is 399 g/mol. The Balaban J connectivity index is 2.47. The third-order valence-electron chi connectivity index (χ3n) is 4.76. The fraction of sp³-hybridized carbons (Fsp3) is 0.409. The number of nitrogen functional groups attached to an aromatic ring is 1. The number of nitrogens with one attached hydrogen (secondary N) is 1. The van der Waals surface area contributed by atoms with Crippen LogP contribution in [0, 0.1) is 13.8 Å². The van der Waals surface area contributed by atoms with Gasteiger partial charge in [-0.2, -0.15) is 0 Å². The first-order chi connectivity index (χ1) is 13.8. The summed E-state index contributed by atoms with van der Waals surface area (Å²) >= 11 is 0. The SMILES string of the molecule is CCCCN(C(=O)/C=C/c1ccc(C)cc1C)c1c(N)n(CCC)c(=O)[nH]c1=O. The number of hydrogen-bond acceptors (Lipinski definition) is 4. The van der Waals surface area contributed by atoms with E-state index in [2.05, 4.69) is 4.98 Å². The van der Waals surface area contributed by atoms with Crippen LogP contribution >= 0.6 is 0 Å². The number of H-pyrrole nitrogens is 1. The summed E-state index contributed by atoms with van der Waals surface area (Å²) in [5.41, 5.74) is 8.10. The number of carbonyl (C=O) groups excluding carboxylic acids is 1. The molecule has 0 aliphatic rings. The van der Waals surface area contributed by atoms with Crippen molar-refractivity contribution in [3.8, 4) is 0 Å². The quantitative estimate of drug-likeness (QED) is 0.668. The molecule has 0 bridgehead atoms. The number of amides is 1. The number of aryl methyl sites for hydroxylation is 2. The van der Waals surface area contributed by atoms with E-state index in [-0.39, 0.29) is 17.4 Å². The van der Waals surface area contributed by atoms with Crippen LogP contribution in [0.2, 0.25) is 0 Å². The summed E-state index contributed by atoms with van der Waals surface area (Å²) in [4.78, 5) is 41.3. The number of nitrogens with zero attached hydrogens (tertiary/aromatic N) is 2. The van der Waals surface area contributed by atoms with Gasteiger partial charge in [0.1, 0.15) is 5.82 Å². The van der Waals surface area contributed by atoms with Crippen LogP contribution < -0.4 is 21.9 Å². The lowest BCUT2D eigenvalue weighted by Gasteiger charge is -2.23. The van der Waals surface area contributed by atoms with Crippen LogP contribution in [0.4, 0.5) is 11.5 Å². The zero-order valence-corrected chi connectivity index (χ0v) is 17.6. The van der Waals surface area contributed by atoms with Crippen LogP contribution in [0.1, 0.15) is 49.8 Å². The molecule has 1 aromatic heterocycles. The number of unbranched alkanes of at least 4 members (excludes halogenated alkanes) is 1. The Labute approximate surface area is 170 Å². The molecule has 0 unspecified atom stereocenters. The molecule has 1 heterocycles. The van der Waals surface area contributed by atoms with E-state index in [4.69, 9.17) is 5.73 Å². The number of nitrogens with two attached hydrogens (primary N) is 1. The van der Waals surface area contributed by atoms with Crippen molar-refractivity contribution < 1.29 is 4.79 Å². The molecule has 3 N–H and O–H groups in total. The molecule has 1 aromatic carbocycles. The Bertz CT molecular complexity index is 1020. The Morgan fingerprint density at radius 2 is 1.93 bits per heavy atom. The van der Waals surface area contributed by atoms with Crippen LogP contribution in [0.15, 0.2) is 33.9 Å². The first-order valence-electron chi connectivity index (χ1n) is 9.99. The van der Waals surface area contributed by atoms with E-state index in [9.17, 15) is 14.4 Å². The summed E-state index contributed by atoms with van der Waals surface area (Å²) in [5.74, 6) is -0.331. The predicted octanol–water partition coefficient (Wildman–Crippen LogP) is 2.99. The van der Waals surface area contributed by atoms with E-state index in [1.165, 1.54) is 15.5 Å². The molecule has 2 aromatic rings. The van der Waals surface area contributed by atoms with Gasteiger partial charge in [0.15, 0.2) is 5.69 Å². The highest BCUT2D eigenvalue weighted by atomic mass is 16.2. The molecule has 7 nitrogen and oxygen atoms in total. The minimum absolute atomic E-state index is 0.0185. The summed E-state index contributed by atoms with van der Waals surface area (Å²) < 4.78 is 1.30.